The van der Waals surface area contributed by atoms with Gasteiger partial charge in [-0.15, -0.1) is 0 Å². The highest BCUT2D eigenvalue weighted by atomic mass is 16.5. The average Bonchev–Trinajstić information content (AvgIpc) is 2.88. The van der Waals surface area contributed by atoms with Crippen molar-refractivity contribution < 1.29 is 14.3 Å². The Kier molecular flexibility index (Phi) is 6.91. The maximum absolute atomic E-state index is 14.0. The first kappa shape index (κ1) is 24.2. The van der Waals surface area contributed by atoms with E-state index in [9.17, 15) is 9.59 Å². The van der Waals surface area contributed by atoms with Crippen LogP contribution in [0.1, 0.15) is 79.4 Å². The predicted octanol–water partition coefficient (Wildman–Crippen LogP) is 3.94. The van der Waals surface area contributed by atoms with E-state index in [1.807, 2.05) is 24.0 Å². The SMILES string of the molecule is CNC(=O)c1cc(C)nc(C2(C)CCN(C(=O)C3(c4ccc(OC)cc4)CCCCC3)CC2)n1. The zero-order valence-electron chi connectivity index (χ0n) is 20.8. The summed E-state index contributed by atoms with van der Waals surface area (Å²) in [6, 6.07) is 9.77. The van der Waals surface area contributed by atoms with Crippen LogP contribution in [-0.2, 0) is 15.6 Å². The van der Waals surface area contributed by atoms with E-state index in [1.54, 1.807) is 20.2 Å². The van der Waals surface area contributed by atoms with Crippen molar-refractivity contribution in [2.45, 2.75) is 69.6 Å². The van der Waals surface area contributed by atoms with Crippen molar-refractivity contribution in [1.29, 1.82) is 0 Å². The van der Waals surface area contributed by atoms with Gasteiger partial charge in [0.25, 0.3) is 5.91 Å². The molecule has 1 aromatic heterocycles. The van der Waals surface area contributed by atoms with Crippen LogP contribution in [0.5, 0.6) is 5.75 Å². The summed E-state index contributed by atoms with van der Waals surface area (Å²) in [5, 5.41) is 2.65. The Morgan fingerprint density at radius 1 is 1.00 bits per heavy atom. The molecule has 2 heterocycles. The second-order valence-electron chi connectivity index (χ2n) is 10.0. The molecule has 1 aliphatic heterocycles. The molecule has 4 rings (SSSR count). The fourth-order valence-electron chi connectivity index (χ4n) is 5.50. The summed E-state index contributed by atoms with van der Waals surface area (Å²) in [6.45, 7) is 5.37. The number of piperidine rings is 1. The van der Waals surface area contributed by atoms with Gasteiger partial charge in [-0.05, 0) is 56.4 Å². The van der Waals surface area contributed by atoms with Gasteiger partial charge in [0, 0.05) is 31.2 Å². The fourth-order valence-corrected chi connectivity index (χ4v) is 5.50. The highest BCUT2D eigenvalue weighted by molar-refractivity contribution is 5.92. The van der Waals surface area contributed by atoms with E-state index in [4.69, 9.17) is 4.74 Å². The van der Waals surface area contributed by atoms with Gasteiger partial charge in [-0.1, -0.05) is 38.3 Å². The van der Waals surface area contributed by atoms with Crippen LogP contribution in [-0.4, -0.2) is 53.9 Å². The summed E-state index contributed by atoms with van der Waals surface area (Å²) >= 11 is 0. The van der Waals surface area contributed by atoms with E-state index in [-0.39, 0.29) is 17.2 Å². The first-order valence-electron chi connectivity index (χ1n) is 12.3. The van der Waals surface area contributed by atoms with Crippen LogP contribution in [0.4, 0.5) is 0 Å². The molecule has 1 N–H and O–H groups in total. The maximum Gasteiger partial charge on any atom is 0.269 e. The second kappa shape index (κ2) is 9.72. The molecule has 1 saturated heterocycles. The first-order valence-corrected chi connectivity index (χ1v) is 12.3. The van der Waals surface area contributed by atoms with Crippen molar-refractivity contribution in [2.75, 3.05) is 27.2 Å². The van der Waals surface area contributed by atoms with Gasteiger partial charge < -0.3 is 15.0 Å². The Morgan fingerprint density at radius 2 is 1.65 bits per heavy atom. The van der Waals surface area contributed by atoms with Crippen LogP contribution in [0.15, 0.2) is 30.3 Å². The van der Waals surface area contributed by atoms with Crippen LogP contribution in [0.25, 0.3) is 0 Å². The zero-order chi connectivity index (χ0) is 24.3. The van der Waals surface area contributed by atoms with Gasteiger partial charge in [-0.3, -0.25) is 9.59 Å². The predicted molar refractivity (Wildman–Crippen MR) is 131 cm³/mol. The zero-order valence-corrected chi connectivity index (χ0v) is 20.8. The number of aryl methyl sites for hydroxylation is 1. The molecular formula is C27H36N4O3. The van der Waals surface area contributed by atoms with Gasteiger partial charge in [0.05, 0.1) is 12.5 Å². The van der Waals surface area contributed by atoms with E-state index in [1.165, 1.54) is 6.42 Å². The summed E-state index contributed by atoms with van der Waals surface area (Å²) in [7, 11) is 3.27. The lowest BCUT2D eigenvalue weighted by Gasteiger charge is -2.44. The Hall–Kier alpha value is -2.96. The van der Waals surface area contributed by atoms with Gasteiger partial charge in [0.15, 0.2) is 0 Å². The number of rotatable bonds is 5. The molecule has 2 aromatic rings. The second-order valence-corrected chi connectivity index (χ2v) is 10.0. The molecule has 7 heteroatoms. The number of hydrogen-bond donors (Lipinski definition) is 1. The van der Waals surface area contributed by atoms with Crippen LogP contribution < -0.4 is 10.1 Å². The average molecular weight is 465 g/mol. The number of aromatic nitrogens is 2. The molecule has 1 aliphatic carbocycles. The number of amides is 2. The number of carbonyl (C=O) groups excluding carboxylic acids is 2. The molecule has 1 aromatic carbocycles. The van der Waals surface area contributed by atoms with E-state index in [2.05, 4.69) is 34.3 Å². The van der Waals surface area contributed by atoms with Crippen molar-refractivity contribution in [1.82, 2.24) is 20.2 Å². The van der Waals surface area contributed by atoms with E-state index >= 15 is 0 Å². The minimum Gasteiger partial charge on any atom is -0.497 e. The molecule has 0 bridgehead atoms. The van der Waals surface area contributed by atoms with Gasteiger partial charge >= 0.3 is 0 Å². The van der Waals surface area contributed by atoms with Gasteiger partial charge in [-0.2, -0.15) is 0 Å². The number of nitrogens with one attached hydrogen (secondary N) is 1. The Labute approximate surface area is 202 Å². The van der Waals surface area contributed by atoms with Crippen LogP contribution in [0, 0.1) is 6.92 Å². The van der Waals surface area contributed by atoms with Crippen LogP contribution in [0.3, 0.4) is 0 Å². The molecule has 0 radical (unpaired) electrons. The third-order valence-corrected chi connectivity index (χ3v) is 7.77. The molecule has 2 aliphatic rings. The highest BCUT2D eigenvalue weighted by Gasteiger charge is 2.46. The maximum atomic E-state index is 14.0. The lowest BCUT2D eigenvalue weighted by Crippen LogP contribution is -2.52. The lowest BCUT2D eigenvalue weighted by molar-refractivity contribution is -0.140. The van der Waals surface area contributed by atoms with Gasteiger partial charge in [0.1, 0.15) is 17.3 Å². The van der Waals surface area contributed by atoms with E-state index in [0.717, 1.165) is 55.5 Å². The monoisotopic (exact) mass is 464 g/mol. The lowest BCUT2D eigenvalue weighted by atomic mass is 9.68. The summed E-state index contributed by atoms with van der Waals surface area (Å²) in [4.78, 5) is 37.5. The summed E-state index contributed by atoms with van der Waals surface area (Å²) < 4.78 is 5.34. The third-order valence-electron chi connectivity index (χ3n) is 7.77. The van der Waals surface area contributed by atoms with Crippen molar-refractivity contribution >= 4 is 11.8 Å². The number of likely N-dealkylation sites (tertiary alicyclic amines) is 1. The standard InChI is InChI=1S/C27H36N4O3/c1-19-18-22(23(32)28-3)30-24(29-19)26(2)14-16-31(17-15-26)25(33)27(12-6-5-7-13-27)20-8-10-21(34-4)11-9-20/h8-11,18H,5-7,12-17H2,1-4H3,(H,28,32). The van der Waals surface area contributed by atoms with Crippen LogP contribution >= 0.6 is 0 Å². The number of carbonyl (C=O) groups is 2. The number of benzene rings is 1. The number of nitrogens with zero attached hydrogens (tertiary/aromatic N) is 3. The number of ether oxygens (including phenoxy) is 1. The van der Waals surface area contributed by atoms with E-state index < -0.39 is 5.41 Å². The fraction of sp³-hybridized carbons (Fsp3) is 0.556. The minimum atomic E-state index is -0.454. The largest absolute Gasteiger partial charge is 0.497 e. The third kappa shape index (κ3) is 4.52. The summed E-state index contributed by atoms with van der Waals surface area (Å²) in [5.41, 5.74) is 1.55. The number of hydrogen-bond acceptors (Lipinski definition) is 5. The molecule has 2 fully saturated rings. The van der Waals surface area contributed by atoms with Crippen molar-refractivity contribution in [3.8, 4) is 5.75 Å². The topological polar surface area (TPSA) is 84.4 Å². The molecule has 2 amide bonds. The summed E-state index contributed by atoms with van der Waals surface area (Å²) in [5.74, 6) is 1.54. The van der Waals surface area contributed by atoms with Crippen molar-refractivity contribution in [3.05, 3.63) is 53.1 Å². The Balaban J connectivity index is 1.55. The molecule has 0 atom stereocenters. The molecular weight excluding hydrogens is 428 g/mol. The quantitative estimate of drug-likeness (QED) is 0.725. The first-order chi connectivity index (χ1) is 16.3. The van der Waals surface area contributed by atoms with Crippen molar-refractivity contribution in [2.24, 2.45) is 0 Å². The van der Waals surface area contributed by atoms with Crippen molar-refractivity contribution in [3.63, 3.8) is 0 Å². The number of methoxy groups -OCH3 is 1. The Morgan fingerprint density at radius 3 is 2.24 bits per heavy atom. The van der Waals surface area contributed by atoms with Crippen LogP contribution in [0.2, 0.25) is 0 Å². The molecule has 182 valence electrons. The molecule has 0 spiro atoms. The van der Waals surface area contributed by atoms with Gasteiger partial charge in [-0.25, -0.2) is 9.97 Å². The molecule has 34 heavy (non-hydrogen) atoms. The Bertz CT molecular complexity index is 1040. The smallest absolute Gasteiger partial charge is 0.269 e. The molecule has 7 nitrogen and oxygen atoms in total. The molecule has 1 saturated carbocycles. The molecule has 0 unspecified atom stereocenters. The van der Waals surface area contributed by atoms with Gasteiger partial charge in [0.2, 0.25) is 5.91 Å². The summed E-state index contributed by atoms with van der Waals surface area (Å²) in [6.07, 6.45) is 6.65. The normalized spacial score (nSPS) is 19.4. The minimum absolute atomic E-state index is 0.207. The van der Waals surface area contributed by atoms with E-state index in [0.29, 0.717) is 24.6 Å². The highest BCUT2D eigenvalue weighted by Crippen LogP contribution is 2.43.